The minimum absolute atomic E-state index is 0.149. The summed E-state index contributed by atoms with van der Waals surface area (Å²) in [6.45, 7) is 3.96. The van der Waals surface area contributed by atoms with E-state index in [-0.39, 0.29) is 11.9 Å². The van der Waals surface area contributed by atoms with Crippen LogP contribution in [0.2, 0.25) is 0 Å². The zero-order valence-electron chi connectivity index (χ0n) is 7.07. The normalized spacial score (nSPS) is 9.83. The van der Waals surface area contributed by atoms with E-state index in [0.717, 1.165) is 5.56 Å². The van der Waals surface area contributed by atoms with Gasteiger partial charge in [-0.1, -0.05) is 13.8 Å². The molecule has 1 rings (SSSR count). The summed E-state index contributed by atoms with van der Waals surface area (Å²) in [4.78, 5) is 7.64. The second-order valence-corrected chi connectivity index (χ2v) is 2.80. The number of nitrogen functional groups attached to an aromatic ring is 1. The van der Waals surface area contributed by atoms with Crippen molar-refractivity contribution < 1.29 is 0 Å². The number of nitrogens with two attached hydrogens (primary N) is 1. The minimum atomic E-state index is 0.149. The van der Waals surface area contributed by atoms with Crippen LogP contribution in [-0.4, -0.2) is 9.97 Å². The van der Waals surface area contributed by atoms with Gasteiger partial charge in [0.2, 0.25) is 5.95 Å². The Bertz CT molecular complexity index is 324. The van der Waals surface area contributed by atoms with Gasteiger partial charge < -0.3 is 5.73 Å². The van der Waals surface area contributed by atoms with Crippen LogP contribution < -0.4 is 5.73 Å². The molecule has 12 heavy (non-hydrogen) atoms. The summed E-state index contributed by atoms with van der Waals surface area (Å²) in [7, 11) is 0. The van der Waals surface area contributed by atoms with Crippen molar-refractivity contribution in [3.8, 4) is 6.07 Å². The predicted molar refractivity (Wildman–Crippen MR) is 45.2 cm³/mol. The van der Waals surface area contributed by atoms with Crippen molar-refractivity contribution >= 4 is 5.95 Å². The van der Waals surface area contributed by atoms with Crippen LogP contribution in [-0.2, 0) is 0 Å². The average Bonchev–Trinajstić information content (AvgIpc) is 2.03. The molecule has 1 aromatic rings. The van der Waals surface area contributed by atoms with Crippen molar-refractivity contribution in [3.05, 3.63) is 17.5 Å². The molecule has 0 aliphatic carbocycles. The molecular formula is C8H10N4. The first kappa shape index (κ1) is 8.47. The SMILES string of the molecule is CC(C)c1cnc(N)nc1C#N. The largest absolute Gasteiger partial charge is 0.368 e. The van der Waals surface area contributed by atoms with Crippen molar-refractivity contribution in [2.24, 2.45) is 0 Å². The van der Waals surface area contributed by atoms with Gasteiger partial charge in [-0.25, -0.2) is 9.97 Å². The Labute approximate surface area is 71.1 Å². The molecule has 0 radical (unpaired) electrons. The highest BCUT2D eigenvalue weighted by Crippen LogP contribution is 2.16. The van der Waals surface area contributed by atoms with Gasteiger partial charge in [-0.3, -0.25) is 0 Å². The molecule has 0 unspecified atom stereocenters. The van der Waals surface area contributed by atoms with E-state index < -0.39 is 0 Å². The smallest absolute Gasteiger partial charge is 0.221 e. The molecule has 0 aliphatic rings. The lowest BCUT2D eigenvalue weighted by Gasteiger charge is -2.05. The number of nitrogens with zero attached hydrogens (tertiary/aromatic N) is 3. The highest BCUT2D eigenvalue weighted by Gasteiger charge is 2.07. The van der Waals surface area contributed by atoms with E-state index in [1.165, 1.54) is 0 Å². The highest BCUT2D eigenvalue weighted by atomic mass is 15.0. The van der Waals surface area contributed by atoms with Crippen molar-refractivity contribution in [2.75, 3.05) is 5.73 Å². The predicted octanol–water partition coefficient (Wildman–Crippen LogP) is 1.05. The molecule has 2 N–H and O–H groups in total. The molecule has 0 aliphatic heterocycles. The van der Waals surface area contributed by atoms with Crippen LogP contribution in [0.1, 0.15) is 31.0 Å². The molecule has 0 aromatic carbocycles. The van der Waals surface area contributed by atoms with Crippen molar-refractivity contribution in [1.82, 2.24) is 9.97 Å². The molecule has 4 heteroatoms. The van der Waals surface area contributed by atoms with Gasteiger partial charge in [-0.05, 0) is 5.92 Å². The van der Waals surface area contributed by atoms with Gasteiger partial charge in [0.15, 0.2) is 0 Å². The van der Waals surface area contributed by atoms with Gasteiger partial charge >= 0.3 is 0 Å². The Morgan fingerprint density at radius 1 is 1.58 bits per heavy atom. The Kier molecular flexibility index (Phi) is 2.24. The summed E-state index contributed by atoms with van der Waals surface area (Å²) in [6, 6.07) is 1.99. The fraction of sp³-hybridized carbons (Fsp3) is 0.375. The Balaban J connectivity index is 3.23. The van der Waals surface area contributed by atoms with Crippen molar-refractivity contribution in [1.29, 1.82) is 5.26 Å². The number of hydrogen-bond donors (Lipinski definition) is 1. The third-order valence-electron chi connectivity index (χ3n) is 1.56. The maximum absolute atomic E-state index is 8.70. The van der Waals surface area contributed by atoms with E-state index in [9.17, 15) is 0 Å². The van der Waals surface area contributed by atoms with Gasteiger partial charge in [0.25, 0.3) is 0 Å². The second-order valence-electron chi connectivity index (χ2n) is 2.80. The van der Waals surface area contributed by atoms with E-state index in [1.807, 2.05) is 19.9 Å². The number of anilines is 1. The maximum Gasteiger partial charge on any atom is 0.221 e. The molecule has 0 spiro atoms. The number of hydrogen-bond acceptors (Lipinski definition) is 4. The zero-order valence-corrected chi connectivity index (χ0v) is 7.07. The van der Waals surface area contributed by atoms with Crippen LogP contribution in [0.3, 0.4) is 0 Å². The van der Waals surface area contributed by atoms with Crippen LogP contribution in [0, 0.1) is 11.3 Å². The van der Waals surface area contributed by atoms with E-state index >= 15 is 0 Å². The molecule has 0 amide bonds. The summed E-state index contributed by atoms with van der Waals surface area (Å²) >= 11 is 0. The Morgan fingerprint density at radius 2 is 2.25 bits per heavy atom. The van der Waals surface area contributed by atoms with Crippen LogP contribution in [0.5, 0.6) is 0 Å². The third kappa shape index (κ3) is 1.51. The lowest BCUT2D eigenvalue weighted by atomic mass is 10.0. The molecule has 1 aromatic heterocycles. The molecule has 62 valence electrons. The third-order valence-corrected chi connectivity index (χ3v) is 1.56. The molecule has 0 bridgehead atoms. The second kappa shape index (κ2) is 3.18. The van der Waals surface area contributed by atoms with E-state index in [2.05, 4.69) is 9.97 Å². The summed E-state index contributed by atoms with van der Waals surface area (Å²) in [5, 5.41) is 8.70. The lowest BCUT2D eigenvalue weighted by Crippen LogP contribution is -2.02. The lowest BCUT2D eigenvalue weighted by molar-refractivity contribution is 0.841. The van der Waals surface area contributed by atoms with Gasteiger partial charge in [-0.2, -0.15) is 5.26 Å². The molecular weight excluding hydrogens is 152 g/mol. The fourth-order valence-corrected chi connectivity index (χ4v) is 0.917. The topological polar surface area (TPSA) is 75.6 Å². The first-order valence-electron chi connectivity index (χ1n) is 3.67. The maximum atomic E-state index is 8.70. The molecule has 1 heterocycles. The number of nitriles is 1. The molecule has 0 fully saturated rings. The average molecular weight is 162 g/mol. The Morgan fingerprint density at radius 3 is 2.75 bits per heavy atom. The van der Waals surface area contributed by atoms with Gasteiger partial charge in [0.05, 0.1) is 0 Å². The summed E-state index contributed by atoms with van der Waals surface area (Å²) in [5.74, 6) is 0.399. The Hall–Kier alpha value is -1.63. The van der Waals surface area contributed by atoms with Gasteiger partial charge in [-0.15, -0.1) is 0 Å². The molecule has 0 atom stereocenters. The van der Waals surface area contributed by atoms with Gasteiger partial charge in [0, 0.05) is 11.8 Å². The van der Waals surface area contributed by atoms with Crippen LogP contribution >= 0.6 is 0 Å². The molecule has 0 saturated heterocycles. The summed E-state index contributed by atoms with van der Waals surface area (Å²) in [5.41, 5.74) is 6.54. The highest BCUT2D eigenvalue weighted by molar-refractivity contribution is 5.35. The van der Waals surface area contributed by atoms with E-state index in [1.54, 1.807) is 6.20 Å². The summed E-state index contributed by atoms with van der Waals surface area (Å²) < 4.78 is 0. The number of aromatic nitrogens is 2. The first-order chi connectivity index (χ1) is 5.65. The summed E-state index contributed by atoms with van der Waals surface area (Å²) in [6.07, 6.45) is 1.60. The molecule has 0 saturated carbocycles. The van der Waals surface area contributed by atoms with E-state index in [4.69, 9.17) is 11.0 Å². The quantitative estimate of drug-likeness (QED) is 0.669. The van der Waals surface area contributed by atoms with Gasteiger partial charge in [0.1, 0.15) is 11.8 Å². The van der Waals surface area contributed by atoms with Crippen LogP contribution in [0.4, 0.5) is 5.95 Å². The monoisotopic (exact) mass is 162 g/mol. The van der Waals surface area contributed by atoms with Crippen LogP contribution in [0.15, 0.2) is 6.20 Å². The van der Waals surface area contributed by atoms with Crippen molar-refractivity contribution in [2.45, 2.75) is 19.8 Å². The first-order valence-corrected chi connectivity index (χ1v) is 3.67. The number of rotatable bonds is 1. The van der Waals surface area contributed by atoms with Crippen LogP contribution in [0.25, 0.3) is 0 Å². The molecule has 4 nitrogen and oxygen atoms in total. The zero-order chi connectivity index (χ0) is 9.14. The van der Waals surface area contributed by atoms with Crippen molar-refractivity contribution in [3.63, 3.8) is 0 Å². The standard InChI is InChI=1S/C8H10N4/c1-5(2)6-4-11-8(10)12-7(6)3-9/h4-5H,1-2H3,(H2,10,11,12). The fourth-order valence-electron chi connectivity index (χ4n) is 0.917. The van der Waals surface area contributed by atoms with E-state index in [0.29, 0.717) is 5.69 Å². The minimum Gasteiger partial charge on any atom is -0.368 e.